The Morgan fingerprint density at radius 3 is 1.83 bits per heavy atom. The Morgan fingerprint density at radius 2 is 1.58 bits per heavy atom. The van der Waals surface area contributed by atoms with Crippen LogP contribution in [0.5, 0.6) is 0 Å². The van der Waals surface area contributed by atoms with E-state index in [1.807, 2.05) is 0 Å². The normalized spacial score (nSPS) is 20.2. The lowest BCUT2D eigenvalue weighted by Crippen LogP contribution is -2.37. The Labute approximate surface area is 65.6 Å². The van der Waals surface area contributed by atoms with Crippen molar-refractivity contribution in [3.05, 3.63) is 0 Å². The first-order valence-corrected chi connectivity index (χ1v) is 3.15. The van der Waals surface area contributed by atoms with Crippen LogP contribution in [0.1, 0.15) is 13.3 Å². The molecule has 0 heterocycles. The largest absolute Gasteiger partial charge is 0.392 e. The van der Waals surface area contributed by atoms with Crippen LogP contribution in [0.2, 0.25) is 0 Å². The molecule has 0 rings (SSSR count). The first-order valence-electron chi connectivity index (χ1n) is 3.15. The Morgan fingerprint density at radius 1 is 1.17 bits per heavy atom. The summed E-state index contributed by atoms with van der Waals surface area (Å²) in [5, 5.41) is 0. The summed E-state index contributed by atoms with van der Waals surface area (Å²) in [6.07, 6.45) is -9.60. The van der Waals surface area contributed by atoms with Crippen molar-refractivity contribution in [2.45, 2.75) is 31.4 Å². The van der Waals surface area contributed by atoms with Gasteiger partial charge >= 0.3 is 6.18 Å². The summed E-state index contributed by atoms with van der Waals surface area (Å²) >= 11 is 0. The summed E-state index contributed by atoms with van der Waals surface area (Å²) in [5.41, 5.74) is -3.05. The molecule has 0 radical (unpaired) electrons. The van der Waals surface area contributed by atoms with E-state index in [1.165, 1.54) is 0 Å². The predicted molar refractivity (Wildman–Crippen MR) is 31.1 cm³/mol. The van der Waals surface area contributed by atoms with Crippen LogP contribution < -0.4 is 0 Å². The summed E-state index contributed by atoms with van der Waals surface area (Å²) in [6.45, 7) is -1.30. The van der Waals surface area contributed by atoms with E-state index in [0.29, 0.717) is 6.92 Å². The fourth-order valence-corrected chi connectivity index (χ4v) is 0.500. The molecular formula is C6H8F6. The Balaban J connectivity index is 4.13. The average Bonchev–Trinajstić information content (AvgIpc) is 1.84. The fourth-order valence-electron chi connectivity index (χ4n) is 0.500. The zero-order valence-corrected chi connectivity index (χ0v) is 6.26. The van der Waals surface area contributed by atoms with Gasteiger partial charge in [0.25, 0.3) is 0 Å². The lowest BCUT2D eigenvalue weighted by atomic mass is 10.0. The van der Waals surface area contributed by atoms with Crippen LogP contribution >= 0.6 is 0 Å². The van der Waals surface area contributed by atoms with Crippen LogP contribution in [0.15, 0.2) is 0 Å². The smallest absolute Gasteiger partial charge is 0.247 e. The molecule has 12 heavy (non-hydrogen) atoms. The second-order valence-electron chi connectivity index (χ2n) is 2.70. The second-order valence-corrected chi connectivity index (χ2v) is 2.70. The molecule has 0 aromatic rings. The van der Waals surface area contributed by atoms with Gasteiger partial charge in [-0.2, -0.15) is 13.2 Å². The third kappa shape index (κ3) is 3.82. The minimum absolute atomic E-state index is 0.462. The highest BCUT2D eigenvalue weighted by Crippen LogP contribution is 2.30. The molecule has 0 N–H and O–H groups in total. The van der Waals surface area contributed by atoms with Gasteiger partial charge < -0.3 is 0 Å². The van der Waals surface area contributed by atoms with Crippen LogP contribution in [0.3, 0.4) is 0 Å². The summed E-state index contributed by atoms with van der Waals surface area (Å²) in [7, 11) is 0. The third-order valence-electron chi connectivity index (χ3n) is 1.33. The van der Waals surface area contributed by atoms with Crippen molar-refractivity contribution in [3.63, 3.8) is 0 Å². The van der Waals surface area contributed by atoms with Crippen LogP contribution in [0, 0.1) is 0 Å². The van der Waals surface area contributed by atoms with Gasteiger partial charge in [-0.15, -0.1) is 0 Å². The Bertz CT molecular complexity index is 137. The van der Waals surface area contributed by atoms with E-state index in [2.05, 4.69) is 0 Å². The summed E-state index contributed by atoms with van der Waals surface area (Å²) in [5.74, 6) is 0. The van der Waals surface area contributed by atoms with E-state index >= 15 is 0 Å². The Hall–Kier alpha value is -0.420. The fraction of sp³-hybridized carbons (Fsp3) is 1.00. The zero-order valence-electron chi connectivity index (χ0n) is 6.26. The van der Waals surface area contributed by atoms with Crippen molar-refractivity contribution in [3.8, 4) is 0 Å². The topological polar surface area (TPSA) is 0 Å². The van der Waals surface area contributed by atoms with Gasteiger partial charge in [-0.25, -0.2) is 13.2 Å². The molecule has 0 aliphatic heterocycles. The first-order chi connectivity index (χ1) is 5.19. The summed E-state index contributed by atoms with van der Waals surface area (Å²) in [6, 6.07) is 0. The molecule has 0 fully saturated rings. The molecule has 0 amide bonds. The van der Waals surface area contributed by atoms with E-state index in [4.69, 9.17) is 0 Å². The third-order valence-corrected chi connectivity index (χ3v) is 1.33. The van der Waals surface area contributed by atoms with Gasteiger partial charge in [-0.05, 0) is 6.92 Å². The van der Waals surface area contributed by atoms with Crippen LogP contribution in [-0.2, 0) is 0 Å². The van der Waals surface area contributed by atoms with Crippen molar-refractivity contribution >= 4 is 0 Å². The lowest BCUT2D eigenvalue weighted by molar-refractivity contribution is -0.159. The van der Waals surface area contributed by atoms with Crippen molar-refractivity contribution in [1.29, 1.82) is 0 Å². The molecule has 0 saturated carbocycles. The molecule has 6 heteroatoms. The van der Waals surface area contributed by atoms with Gasteiger partial charge in [0, 0.05) is 0 Å². The van der Waals surface area contributed by atoms with Gasteiger partial charge in [0.2, 0.25) is 0 Å². The lowest BCUT2D eigenvalue weighted by Gasteiger charge is -2.21. The maximum atomic E-state index is 12.5. The highest BCUT2D eigenvalue weighted by Gasteiger charge is 2.43. The van der Waals surface area contributed by atoms with Crippen molar-refractivity contribution in [2.75, 3.05) is 6.67 Å². The molecular weight excluding hydrogens is 186 g/mol. The van der Waals surface area contributed by atoms with Gasteiger partial charge in [-0.1, -0.05) is 0 Å². The molecule has 2 atom stereocenters. The van der Waals surface area contributed by atoms with Gasteiger partial charge in [-0.3, -0.25) is 0 Å². The van der Waals surface area contributed by atoms with E-state index in [-0.39, 0.29) is 0 Å². The van der Waals surface area contributed by atoms with Crippen LogP contribution in [0.4, 0.5) is 26.3 Å². The van der Waals surface area contributed by atoms with Gasteiger partial charge in [0.05, 0.1) is 6.42 Å². The standard InChI is InChI=1S/C6H8F6/c1-5(9,3-7)4(8)2-6(10,11)12/h4H,2-3H2,1H3. The molecule has 0 bridgehead atoms. The molecule has 0 spiro atoms. The quantitative estimate of drug-likeness (QED) is 0.606. The summed E-state index contributed by atoms with van der Waals surface area (Å²) in [4.78, 5) is 0. The van der Waals surface area contributed by atoms with Crippen LogP contribution in [-0.4, -0.2) is 24.7 Å². The highest BCUT2D eigenvalue weighted by atomic mass is 19.4. The molecule has 0 saturated heterocycles. The SMILES string of the molecule is CC(F)(CF)C(F)CC(F)(F)F. The number of rotatable bonds is 3. The monoisotopic (exact) mass is 194 g/mol. The number of hydrogen-bond acceptors (Lipinski definition) is 0. The van der Waals surface area contributed by atoms with Crippen molar-refractivity contribution < 1.29 is 26.3 Å². The van der Waals surface area contributed by atoms with E-state index in [1.54, 1.807) is 0 Å². The molecule has 0 aromatic heterocycles. The maximum absolute atomic E-state index is 12.5. The maximum Gasteiger partial charge on any atom is 0.392 e. The molecule has 0 nitrogen and oxygen atoms in total. The summed E-state index contributed by atoms with van der Waals surface area (Å²) < 4.78 is 70.8. The van der Waals surface area contributed by atoms with E-state index in [9.17, 15) is 26.3 Å². The van der Waals surface area contributed by atoms with Crippen molar-refractivity contribution in [1.82, 2.24) is 0 Å². The number of hydrogen-bond donors (Lipinski definition) is 0. The van der Waals surface area contributed by atoms with E-state index < -0.39 is 31.1 Å². The molecule has 0 aliphatic carbocycles. The minimum Gasteiger partial charge on any atom is -0.247 e. The number of alkyl halides is 6. The second kappa shape index (κ2) is 3.53. The molecule has 0 aliphatic rings. The Kier molecular flexibility index (Phi) is 3.41. The van der Waals surface area contributed by atoms with Crippen molar-refractivity contribution in [2.24, 2.45) is 0 Å². The zero-order chi connectivity index (χ0) is 9.99. The van der Waals surface area contributed by atoms with E-state index in [0.717, 1.165) is 0 Å². The first kappa shape index (κ1) is 11.6. The molecule has 0 aromatic carbocycles. The molecule has 74 valence electrons. The minimum atomic E-state index is -4.80. The average molecular weight is 194 g/mol. The predicted octanol–water partition coefficient (Wildman–Crippen LogP) is 2.97. The van der Waals surface area contributed by atoms with Crippen LogP contribution in [0.25, 0.3) is 0 Å². The van der Waals surface area contributed by atoms with Gasteiger partial charge in [0.15, 0.2) is 5.67 Å². The highest BCUT2D eigenvalue weighted by molar-refractivity contribution is 4.83. The molecule has 2 unspecified atom stereocenters. The van der Waals surface area contributed by atoms with Gasteiger partial charge in [0.1, 0.15) is 12.8 Å². The number of halogens is 6.